The first kappa shape index (κ1) is 15.2. The van der Waals surface area contributed by atoms with E-state index in [1.807, 2.05) is 12.1 Å². The molecule has 0 saturated carbocycles. The van der Waals surface area contributed by atoms with Gasteiger partial charge in [-0.3, -0.25) is 0 Å². The molecule has 0 spiro atoms. The van der Waals surface area contributed by atoms with Gasteiger partial charge in [0.1, 0.15) is 11.5 Å². The van der Waals surface area contributed by atoms with Crippen LogP contribution >= 0.6 is 0 Å². The van der Waals surface area contributed by atoms with E-state index in [9.17, 15) is 18.3 Å². The molecule has 112 valence electrons. The number of aromatic hydroxyl groups is 1. The van der Waals surface area contributed by atoms with E-state index in [1.165, 1.54) is 0 Å². The average molecular weight is 296 g/mol. The molecule has 1 N–H and O–H groups in total. The largest absolute Gasteiger partial charge is 0.508 e. The molecule has 2 nitrogen and oxygen atoms in total. The van der Waals surface area contributed by atoms with Crippen LogP contribution < -0.4 is 4.74 Å². The highest BCUT2D eigenvalue weighted by Gasteiger charge is 2.26. The van der Waals surface area contributed by atoms with E-state index in [4.69, 9.17) is 4.74 Å². The molecule has 2 aromatic carbocycles. The number of hydrogen-bond donors (Lipinski definition) is 1. The van der Waals surface area contributed by atoms with Crippen molar-refractivity contribution >= 4 is 0 Å². The van der Waals surface area contributed by atoms with Crippen molar-refractivity contribution < 1.29 is 23.0 Å². The van der Waals surface area contributed by atoms with Crippen LogP contribution in [-0.2, 0) is 0 Å². The molecule has 0 aliphatic rings. The van der Waals surface area contributed by atoms with Gasteiger partial charge in [-0.2, -0.15) is 13.2 Å². The molecule has 0 unspecified atom stereocenters. The molecule has 0 bridgehead atoms. The first-order chi connectivity index (χ1) is 9.94. The highest BCUT2D eigenvalue weighted by atomic mass is 19.4. The summed E-state index contributed by atoms with van der Waals surface area (Å²) in [4.78, 5) is 0. The molecule has 0 aliphatic carbocycles. The van der Waals surface area contributed by atoms with Crippen LogP contribution in [0.3, 0.4) is 0 Å². The number of alkyl halides is 3. The highest BCUT2D eigenvalue weighted by Crippen LogP contribution is 2.25. The lowest BCUT2D eigenvalue weighted by molar-refractivity contribution is -0.136. The Bertz CT molecular complexity index is 560. The predicted molar refractivity (Wildman–Crippen MR) is 74.3 cm³/mol. The number of benzene rings is 2. The normalized spacial score (nSPS) is 11.4. The summed E-state index contributed by atoms with van der Waals surface area (Å²) in [6, 6.07) is 13.8. The Morgan fingerprint density at radius 1 is 0.857 bits per heavy atom. The Morgan fingerprint density at radius 3 is 1.90 bits per heavy atom. The summed E-state index contributed by atoms with van der Waals surface area (Å²) in [5, 5.41) is 9.23. The van der Waals surface area contributed by atoms with Gasteiger partial charge >= 0.3 is 6.18 Å². The van der Waals surface area contributed by atoms with E-state index < -0.39 is 12.6 Å². The van der Waals surface area contributed by atoms with Gasteiger partial charge in [-0.25, -0.2) is 0 Å². The molecule has 0 amide bonds. The Balaban J connectivity index is 1.89. The molecule has 0 atom stereocenters. The third kappa shape index (κ3) is 5.02. The van der Waals surface area contributed by atoms with Gasteiger partial charge in [0.15, 0.2) is 0 Å². The molecule has 0 heterocycles. The Hall–Kier alpha value is -2.17. The second-order valence-electron chi connectivity index (χ2n) is 4.64. The zero-order valence-corrected chi connectivity index (χ0v) is 11.2. The van der Waals surface area contributed by atoms with E-state index in [0.29, 0.717) is 5.75 Å². The Morgan fingerprint density at radius 2 is 1.38 bits per heavy atom. The summed E-state index contributed by atoms with van der Waals surface area (Å²) in [7, 11) is 0. The van der Waals surface area contributed by atoms with E-state index in [0.717, 1.165) is 11.1 Å². The fraction of sp³-hybridized carbons (Fsp3) is 0.250. The van der Waals surface area contributed by atoms with Crippen molar-refractivity contribution in [3.8, 4) is 22.6 Å². The third-order valence-electron chi connectivity index (χ3n) is 2.93. The summed E-state index contributed by atoms with van der Waals surface area (Å²) in [5.74, 6) is 0.739. The van der Waals surface area contributed by atoms with Gasteiger partial charge in [0.2, 0.25) is 0 Å². The average Bonchev–Trinajstić information content (AvgIpc) is 2.44. The maximum absolute atomic E-state index is 12.0. The standard InChI is InChI=1S/C16H15F3O2/c17-16(18,19)10-1-11-21-15-8-4-13(5-9-15)12-2-6-14(20)7-3-12/h2-9,20H,1,10-11H2. The molecule has 2 rings (SSSR count). The van der Waals surface area contributed by atoms with E-state index >= 15 is 0 Å². The van der Waals surface area contributed by atoms with Crippen LogP contribution in [0.25, 0.3) is 11.1 Å². The molecule has 0 radical (unpaired) electrons. The molecule has 0 aliphatic heterocycles. The van der Waals surface area contributed by atoms with Gasteiger partial charge in [-0.1, -0.05) is 24.3 Å². The number of hydrogen-bond acceptors (Lipinski definition) is 2. The van der Waals surface area contributed by atoms with Crippen molar-refractivity contribution in [2.45, 2.75) is 19.0 Å². The molecule has 2 aromatic rings. The van der Waals surface area contributed by atoms with Crippen LogP contribution in [0.4, 0.5) is 13.2 Å². The SMILES string of the molecule is Oc1ccc(-c2ccc(OCCCC(F)(F)F)cc2)cc1. The van der Waals surface area contributed by atoms with Crippen LogP contribution in [0.1, 0.15) is 12.8 Å². The summed E-state index contributed by atoms with van der Waals surface area (Å²) < 4.78 is 41.2. The van der Waals surface area contributed by atoms with Gasteiger partial charge in [0.05, 0.1) is 6.61 Å². The zero-order chi connectivity index (χ0) is 15.3. The van der Waals surface area contributed by atoms with Crippen molar-refractivity contribution in [1.82, 2.24) is 0 Å². The lowest BCUT2D eigenvalue weighted by Crippen LogP contribution is -2.09. The topological polar surface area (TPSA) is 29.5 Å². The number of phenols is 1. The minimum Gasteiger partial charge on any atom is -0.508 e. The first-order valence-corrected chi connectivity index (χ1v) is 6.53. The molecular weight excluding hydrogens is 281 g/mol. The lowest BCUT2D eigenvalue weighted by Gasteiger charge is -2.09. The minimum atomic E-state index is -4.13. The van der Waals surface area contributed by atoms with E-state index in [2.05, 4.69) is 0 Å². The van der Waals surface area contributed by atoms with Crippen LogP contribution in [0.5, 0.6) is 11.5 Å². The van der Waals surface area contributed by atoms with Gasteiger partial charge < -0.3 is 9.84 Å². The molecular formula is C16H15F3O2. The van der Waals surface area contributed by atoms with Gasteiger partial charge in [0, 0.05) is 6.42 Å². The van der Waals surface area contributed by atoms with Crippen molar-refractivity contribution in [2.75, 3.05) is 6.61 Å². The predicted octanol–water partition coefficient (Wildman–Crippen LogP) is 4.78. The third-order valence-corrected chi connectivity index (χ3v) is 2.93. The van der Waals surface area contributed by atoms with Crippen LogP contribution in [0.2, 0.25) is 0 Å². The molecule has 21 heavy (non-hydrogen) atoms. The number of rotatable bonds is 5. The van der Waals surface area contributed by atoms with E-state index in [1.54, 1.807) is 36.4 Å². The number of ether oxygens (including phenoxy) is 1. The maximum atomic E-state index is 12.0. The van der Waals surface area contributed by atoms with Crippen molar-refractivity contribution in [3.05, 3.63) is 48.5 Å². The van der Waals surface area contributed by atoms with Crippen LogP contribution in [-0.4, -0.2) is 17.9 Å². The smallest absolute Gasteiger partial charge is 0.389 e. The maximum Gasteiger partial charge on any atom is 0.389 e. The number of halogens is 3. The van der Waals surface area contributed by atoms with Gasteiger partial charge in [0.25, 0.3) is 0 Å². The highest BCUT2D eigenvalue weighted by molar-refractivity contribution is 5.64. The lowest BCUT2D eigenvalue weighted by atomic mass is 10.1. The van der Waals surface area contributed by atoms with Crippen molar-refractivity contribution in [2.24, 2.45) is 0 Å². The van der Waals surface area contributed by atoms with Gasteiger partial charge in [-0.15, -0.1) is 0 Å². The van der Waals surface area contributed by atoms with Gasteiger partial charge in [-0.05, 0) is 41.8 Å². The monoisotopic (exact) mass is 296 g/mol. The number of phenolic OH excluding ortho intramolecular Hbond substituents is 1. The van der Waals surface area contributed by atoms with Crippen LogP contribution in [0.15, 0.2) is 48.5 Å². The second kappa shape index (κ2) is 6.52. The Labute approximate surface area is 120 Å². The van der Waals surface area contributed by atoms with Crippen LogP contribution in [0, 0.1) is 0 Å². The fourth-order valence-electron chi connectivity index (χ4n) is 1.86. The quantitative estimate of drug-likeness (QED) is 0.804. The zero-order valence-electron chi connectivity index (χ0n) is 11.2. The first-order valence-electron chi connectivity index (χ1n) is 6.53. The van der Waals surface area contributed by atoms with Crippen molar-refractivity contribution in [3.63, 3.8) is 0 Å². The minimum absolute atomic E-state index is 0.0397. The molecule has 0 fully saturated rings. The molecule has 5 heteroatoms. The summed E-state index contributed by atoms with van der Waals surface area (Å²) in [6.45, 7) is 0.0397. The second-order valence-corrected chi connectivity index (χ2v) is 4.64. The summed E-state index contributed by atoms with van der Waals surface area (Å²) >= 11 is 0. The molecule has 0 aromatic heterocycles. The Kier molecular flexibility index (Phi) is 4.73. The fourth-order valence-corrected chi connectivity index (χ4v) is 1.86. The van der Waals surface area contributed by atoms with Crippen molar-refractivity contribution in [1.29, 1.82) is 0 Å². The summed E-state index contributed by atoms with van der Waals surface area (Å²) in [6.07, 6.45) is -5.02. The van der Waals surface area contributed by atoms with E-state index in [-0.39, 0.29) is 18.8 Å². The summed E-state index contributed by atoms with van der Waals surface area (Å²) in [5.41, 5.74) is 1.88. The molecule has 0 saturated heterocycles.